The third-order valence-electron chi connectivity index (χ3n) is 1.82. The van der Waals surface area contributed by atoms with Crippen LogP contribution in [0.1, 0.15) is 13.8 Å². The molecule has 9 heteroatoms. The van der Waals surface area contributed by atoms with E-state index in [2.05, 4.69) is 4.74 Å². The maximum atomic E-state index is 11.3. The summed E-state index contributed by atoms with van der Waals surface area (Å²) in [5, 5.41) is 16.9. The molecule has 2 N–H and O–H groups in total. The number of esters is 1. The van der Waals surface area contributed by atoms with Crippen LogP contribution >= 0.6 is 0 Å². The van der Waals surface area contributed by atoms with Crippen LogP contribution in [0.4, 0.5) is 0 Å². The number of nitrogens with zero attached hydrogens (tertiary/aromatic N) is 1. The number of hydrogen-bond acceptors (Lipinski definition) is 6. The van der Waals surface area contributed by atoms with Gasteiger partial charge < -0.3 is 14.9 Å². The van der Waals surface area contributed by atoms with Gasteiger partial charge in [-0.15, -0.1) is 0 Å². The van der Waals surface area contributed by atoms with Crippen LogP contribution < -0.4 is 0 Å². The zero-order chi connectivity index (χ0) is 14.5. The molecule has 0 unspecified atom stereocenters. The molecule has 0 radical (unpaired) electrons. The Labute approximate surface area is 101 Å². The quantitative estimate of drug-likeness (QED) is 0.460. The highest BCUT2D eigenvalue weighted by Crippen LogP contribution is 2.04. The number of hydrogen-bond donors (Lipinski definition) is 2. The molecular weight excluding hydrogens is 250 g/mol. The maximum Gasteiger partial charge on any atom is 0.395 e. The number of carboxylic acid groups (broad SMARTS) is 2. The van der Waals surface area contributed by atoms with Crippen molar-refractivity contribution in [1.29, 1.82) is 0 Å². The second-order valence-electron chi connectivity index (χ2n) is 3.02. The standard InChI is InChI=1S/C9H11NO8/c1-3-18-9(17)4(2)10(5(11)7(13)14)6(12)8(15)16/h4H,3H2,1-2H3,(H,13,14)(H,15,16)/t4-/m0/s1. The van der Waals surface area contributed by atoms with Crippen molar-refractivity contribution in [3.05, 3.63) is 0 Å². The van der Waals surface area contributed by atoms with E-state index in [1.807, 2.05) is 0 Å². The highest BCUT2D eigenvalue weighted by atomic mass is 16.5. The number of imide groups is 1. The summed E-state index contributed by atoms with van der Waals surface area (Å²) in [4.78, 5) is 54.4. The first kappa shape index (κ1) is 15.6. The van der Waals surface area contributed by atoms with Crippen molar-refractivity contribution in [2.75, 3.05) is 6.61 Å². The van der Waals surface area contributed by atoms with Crippen LogP contribution in [0, 0.1) is 0 Å². The zero-order valence-electron chi connectivity index (χ0n) is 9.58. The molecule has 0 saturated carbocycles. The molecule has 18 heavy (non-hydrogen) atoms. The third-order valence-corrected chi connectivity index (χ3v) is 1.82. The molecule has 0 aromatic heterocycles. The Bertz CT molecular complexity index is 375. The summed E-state index contributed by atoms with van der Waals surface area (Å²) in [7, 11) is 0. The van der Waals surface area contributed by atoms with Crippen LogP contribution in [-0.2, 0) is 28.7 Å². The molecule has 0 aliphatic heterocycles. The summed E-state index contributed by atoms with van der Waals surface area (Å²) < 4.78 is 4.47. The minimum Gasteiger partial charge on any atom is -0.474 e. The van der Waals surface area contributed by atoms with Gasteiger partial charge in [-0.05, 0) is 13.8 Å². The summed E-state index contributed by atoms with van der Waals surface area (Å²) >= 11 is 0. The van der Waals surface area contributed by atoms with Gasteiger partial charge in [-0.1, -0.05) is 0 Å². The van der Waals surface area contributed by atoms with Gasteiger partial charge in [0, 0.05) is 0 Å². The zero-order valence-corrected chi connectivity index (χ0v) is 9.58. The fourth-order valence-electron chi connectivity index (χ4n) is 1.02. The smallest absolute Gasteiger partial charge is 0.395 e. The molecule has 9 nitrogen and oxygen atoms in total. The van der Waals surface area contributed by atoms with Gasteiger partial charge in [-0.3, -0.25) is 9.59 Å². The summed E-state index contributed by atoms with van der Waals surface area (Å²) in [6.07, 6.45) is 0. The van der Waals surface area contributed by atoms with Crippen molar-refractivity contribution >= 4 is 29.7 Å². The maximum absolute atomic E-state index is 11.3. The van der Waals surface area contributed by atoms with Gasteiger partial charge >= 0.3 is 29.7 Å². The molecule has 0 spiro atoms. The minimum atomic E-state index is -2.05. The van der Waals surface area contributed by atoms with Crippen LogP contribution in [-0.4, -0.2) is 57.5 Å². The van der Waals surface area contributed by atoms with E-state index in [4.69, 9.17) is 10.2 Å². The number of ether oxygens (including phenoxy) is 1. The van der Waals surface area contributed by atoms with Crippen LogP contribution in [0.3, 0.4) is 0 Å². The van der Waals surface area contributed by atoms with E-state index in [-0.39, 0.29) is 11.5 Å². The van der Waals surface area contributed by atoms with Crippen LogP contribution in [0.5, 0.6) is 0 Å². The Hall–Kier alpha value is -2.45. The third kappa shape index (κ3) is 3.54. The number of amides is 2. The Morgan fingerprint density at radius 3 is 1.72 bits per heavy atom. The highest BCUT2D eigenvalue weighted by molar-refractivity contribution is 6.43. The van der Waals surface area contributed by atoms with E-state index in [1.165, 1.54) is 6.92 Å². The second kappa shape index (κ2) is 6.33. The predicted molar refractivity (Wildman–Crippen MR) is 53.2 cm³/mol. The molecular formula is C9H11NO8. The molecule has 0 fully saturated rings. The SMILES string of the molecule is CCOC(=O)[C@H](C)N(C(=O)C(=O)O)C(=O)C(=O)O. The lowest BCUT2D eigenvalue weighted by atomic mass is 10.2. The van der Waals surface area contributed by atoms with Crippen molar-refractivity contribution in [2.45, 2.75) is 19.9 Å². The van der Waals surface area contributed by atoms with E-state index in [1.54, 1.807) is 0 Å². The van der Waals surface area contributed by atoms with Gasteiger partial charge in [-0.2, -0.15) is 0 Å². The Morgan fingerprint density at radius 2 is 1.44 bits per heavy atom. The number of aliphatic carboxylic acids is 2. The minimum absolute atomic E-state index is 0.0699. The largest absolute Gasteiger partial charge is 0.474 e. The summed E-state index contributed by atoms with van der Waals surface area (Å²) in [6.45, 7) is 2.37. The van der Waals surface area contributed by atoms with Crippen molar-refractivity contribution < 1.29 is 38.9 Å². The monoisotopic (exact) mass is 261 g/mol. The van der Waals surface area contributed by atoms with Crippen molar-refractivity contribution in [3.8, 4) is 0 Å². The summed E-state index contributed by atoms with van der Waals surface area (Å²) in [5.74, 6) is -8.82. The fourth-order valence-corrected chi connectivity index (χ4v) is 1.02. The van der Waals surface area contributed by atoms with E-state index < -0.39 is 35.8 Å². The molecule has 2 amide bonds. The highest BCUT2D eigenvalue weighted by Gasteiger charge is 2.39. The summed E-state index contributed by atoms with van der Waals surface area (Å²) in [5.41, 5.74) is 0. The number of carboxylic acids is 2. The lowest BCUT2D eigenvalue weighted by Crippen LogP contribution is -2.52. The van der Waals surface area contributed by atoms with E-state index in [0.717, 1.165) is 6.92 Å². The molecule has 0 heterocycles. The molecule has 0 rings (SSSR count). The van der Waals surface area contributed by atoms with E-state index in [9.17, 15) is 24.0 Å². The molecule has 1 atom stereocenters. The first-order valence-electron chi connectivity index (χ1n) is 4.74. The van der Waals surface area contributed by atoms with Crippen molar-refractivity contribution in [1.82, 2.24) is 4.90 Å². The first-order chi connectivity index (χ1) is 8.23. The van der Waals surface area contributed by atoms with Crippen LogP contribution in [0.25, 0.3) is 0 Å². The lowest BCUT2D eigenvalue weighted by molar-refractivity contribution is -0.171. The Kier molecular flexibility index (Phi) is 5.46. The van der Waals surface area contributed by atoms with Gasteiger partial charge in [0.05, 0.1) is 6.61 Å². The topological polar surface area (TPSA) is 138 Å². The first-order valence-corrected chi connectivity index (χ1v) is 4.74. The molecule has 0 saturated heterocycles. The van der Waals surface area contributed by atoms with Crippen LogP contribution in [0.15, 0.2) is 0 Å². The molecule has 0 aromatic rings. The number of carbonyl (C=O) groups excluding carboxylic acids is 3. The van der Waals surface area contributed by atoms with E-state index in [0.29, 0.717) is 0 Å². The summed E-state index contributed by atoms with van der Waals surface area (Å²) in [6, 6.07) is -1.64. The molecule has 0 bridgehead atoms. The molecule has 0 aliphatic rings. The predicted octanol–water partition coefficient (Wildman–Crippen LogP) is -1.54. The van der Waals surface area contributed by atoms with E-state index >= 15 is 0 Å². The Balaban J connectivity index is 5.28. The van der Waals surface area contributed by atoms with Gasteiger partial charge in [0.25, 0.3) is 0 Å². The average molecular weight is 261 g/mol. The Morgan fingerprint density at radius 1 is 1.06 bits per heavy atom. The van der Waals surface area contributed by atoms with Crippen molar-refractivity contribution in [3.63, 3.8) is 0 Å². The van der Waals surface area contributed by atoms with Crippen molar-refractivity contribution in [2.24, 2.45) is 0 Å². The number of carbonyl (C=O) groups is 5. The molecule has 100 valence electrons. The van der Waals surface area contributed by atoms with Gasteiger partial charge in [0.1, 0.15) is 6.04 Å². The molecule has 0 aromatic carbocycles. The van der Waals surface area contributed by atoms with Crippen LogP contribution in [0.2, 0.25) is 0 Å². The van der Waals surface area contributed by atoms with Gasteiger partial charge in [0.2, 0.25) is 0 Å². The normalized spacial score (nSPS) is 11.2. The number of rotatable bonds is 3. The lowest BCUT2D eigenvalue weighted by Gasteiger charge is -2.22. The molecule has 0 aliphatic carbocycles. The van der Waals surface area contributed by atoms with Gasteiger partial charge in [0.15, 0.2) is 0 Å². The second-order valence-corrected chi connectivity index (χ2v) is 3.02. The average Bonchev–Trinajstić information content (AvgIpc) is 2.28. The van der Waals surface area contributed by atoms with Gasteiger partial charge in [-0.25, -0.2) is 19.3 Å². The fraction of sp³-hybridized carbons (Fsp3) is 0.444.